The smallest absolute Gasteiger partial charge is 0.209 e. The van der Waals surface area contributed by atoms with Gasteiger partial charge in [-0.1, -0.05) is 5.16 Å². The summed E-state index contributed by atoms with van der Waals surface area (Å²) in [5, 5.41) is 10.8. The largest absolute Gasteiger partial charge is 0.411 e. The molecule has 1 aliphatic heterocycles. The van der Waals surface area contributed by atoms with Crippen molar-refractivity contribution < 1.29 is 14.8 Å². The third-order valence-corrected chi connectivity index (χ3v) is 2.27. The first-order chi connectivity index (χ1) is 6.27. The highest BCUT2D eigenvalue weighted by atomic mass is 16.4. The highest BCUT2D eigenvalue weighted by Gasteiger charge is 2.22. The Labute approximate surface area is 76.0 Å². The number of hydrogen-bond acceptors (Lipinski definition) is 4. The van der Waals surface area contributed by atoms with Crippen LogP contribution in [0.15, 0.2) is 5.16 Å². The Morgan fingerprint density at radius 3 is 2.54 bits per heavy atom. The SMILES string of the molecule is O=CN1CCC(C(=O)/C=N/O)CC1. The first-order valence-corrected chi connectivity index (χ1v) is 4.18. The number of hydrogen-bond donors (Lipinski definition) is 1. The second-order valence-corrected chi connectivity index (χ2v) is 3.06. The molecule has 0 unspecified atom stereocenters. The number of likely N-dealkylation sites (tertiary alicyclic amines) is 1. The number of carbonyl (C=O) groups excluding carboxylic acids is 2. The van der Waals surface area contributed by atoms with Crippen molar-refractivity contribution in [3.05, 3.63) is 0 Å². The molecule has 5 nitrogen and oxygen atoms in total. The van der Waals surface area contributed by atoms with Crippen molar-refractivity contribution in [1.82, 2.24) is 4.90 Å². The summed E-state index contributed by atoms with van der Waals surface area (Å²) < 4.78 is 0. The summed E-state index contributed by atoms with van der Waals surface area (Å²) in [5.74, 6) is -0.250. The van der Waals surface area contributed by atoms with Gasteiger partial charge in [-0.2, -0.15) is 0 Å². The van der Waals surface area contributed by atoms with Crippen molar-refractivity contribution >= 4 is 18.4 Å². The molecule has 1 fully saturated rings. The molecule has 0 saturated carbocycles. The van der Waals surface area contributed by atoms with Gasteiger partial charge in [-0.15, -0.1) is 0 Å². The Morgan fingerprint density at radius 1 is 1.46 bits per heavy atom. The fourth-order valence-corrected chi connectivity index (χ4v) is 1.45. The van der Waals surface area contributed by atoms with Gasteiger partial charge in [0.25, 0.3) is 0 Å². The fraction of sp³-hybridized carbons (Fsp3) is 0.625. The molecule has 0 bridgehead atoms. The number of ketones is 1. The van der Waals surface area contributed by atoms with E-state index in [-0.39, 0.29) is 11.7 Å². The van der Waals surface area contributed by atoms with Crippen molar-refractivity contribution in [2.45, 2.75) is 12.8 Å². The number of carbonyl (C=O) groups is 2. The van der Waals surface area contributed by atoms with Crippen molar-refractivity contribution in [2.24, 2.45) is 11.1 Å². The molecule has 13 heavy (non-hydrogen) atoms. The molecule has 5 heteroatoms. The zero-order valence-corrected chi connectivity index (χ0v) is 7.22. The molecule has 1 amide bonds. The van der Waals surface area contributed by atoms with Crippen LogP contribution in [-0.2, 0) is 9.59 Å². The summed E-state index contributed by atoms with van der Waals surface area (Å²) in [6, 6.07) is 0. The summed E-state index contributed by atoms with van der Waals surface area (Å²) in [4.78, 5) is 23.2. The van der Waals surface area contributed by atoms with E-state index in [4.69, 9.17) is 5.21 Å². The lowest BCUT2D eigenvalue weighted by Crippen LogP contribution is -2.35. The lowest BCUT2D eigenvalue weighted by molar-refractivity contribution is -0.123. The minimum absolute atomic E-state index is 0.0906. The molecule has 72 valence electrons. The number of Topliss-reactive ketones (excluding diaryl/α,β-unsaturated/α-hetero) is 1. The standard InChI is InChI=1S/C8H12N2O3/c11-6-10-3-1-7(2-4-10)8(12)5-9-13/h5-7,13H,1-4H2/b9-5+. The normalized spacial score (nSPS) is 19.2. The molecule has 0 aliphatic carbocycles. The lowest BCUT2D eigenvalue weighted by atomic mass is 9.93. The molecule has 1 N–H and O–H groups in total. The molecule has 0 spiro atoms. The van der Waals surface area contributed by atoms with E-state index in [1.807, 2.05) is 0 Å². The predicted octanol–water partition coefficient (Wildman–Crippen LogP) is -0.116. The monoisotopic (exact) mass is 184 g/mol. The summed E-state index contributed by atoms with van der Waals surface area (Å²) in [6.07, 6.45) is 3.04. The Bertz CT molecular complexity index is 219. The third-order valence-electron chi connectivity index (χ3n) is 2.27. The van der Waals surface area contributed by atoms with Gasteiger partial charge in [-0.25, -0.2) is 0 Å². The van der Waals surface area contributed by atoms with Crippen LogP contribution in [0.5, 0.6) is 0 Å². The number of rotatable bonds is 3. The minimum atomic E-state index is -0.159. The fourth-order valence-electron chi connectivity index (χ4n) is 1.45. The van der Waals surface area contributed by atoms with E-state index < -0.39 is 0 Å². The highest BCUT2D eigenvalue weighted by Crippen LogP contribution is 2.16. The first-order valence-electron chi connectivity index (χ1n) is 4.18. The second kappa shape index (κ2) is 4.59. The van der Waals surface area contributed by atoms with Crippen LogP contribution in [0.1, 0.15) is 12.8 Å². The maximum atomic E-state index is 11.2. The molecule has 1 aliphatic rings. The average molecular weight is 184 g/mol. The Kier molecular flexibility index (Phi) is 3.42. The van der Waals surface area contributed by atoms with E-state index in [0.717, 1.165) is 12.6 Å². The van der Waals surface area contributed by atoms with Crippen LogP contribution in [0.3, 0.4) is 0 Å². The van der Waals surface area contributed by atoms with Crippen molar-refractivity contribution in [3.63, 3.8) is 0 Å². The Balaban J connectivity index is 2.40. The molecule has 1 rings (SSSR count). The van der Waals surface area contributed by atoms with Crippen LogP contribution in [0.2, 0.25) is 0 Å². The topological polar surface area (TPSA) is 70.0 Å². The maximum absolute atomic E-state index is 11.2. The van der Waals surface area contributed by atoms with Crippen molar-refractivity contribution in [3.8, 4) is 0 Å². The minimum Gasteiger partial charge on any atom is -0.411 e. The number of piperidine rings is 1. The van der Waals surface area contributed by atoms with Crippen LogP contribution < -0.4 is 0 Å². The second-order valence-electron chi connectivity index (χ2n) is 3.06. The lowest BCUT2D eigenvalue weighted by Gasteiger charge is -2.27. The first kappa shape index (κ1) is 9.70. The number of amides is 1. The van der Waals surface area contributed by atoms with Crippen LogP contribution >= 0.6 is 0 Å². The van der Waals surface area contributed by atoms with Gasteiger partial charge in [0.15, 0.2) is 5.78 Å². The van der Waals surface area contributed by atoms with Crippen molar-refractivity contribution in [2.75, 3.05) is 13.1 Å². The van der Waals surface area contributed by atoms with Gasteiger partial charge in [-0.05, 0) is 12.8 Å². The molecule has 0 radical (unpaired) electrons. The molecule has 1 heterocycles. The van der Waals surface area contributed by atoms with Gasteiger partial charge in [0.2, 0.25) is 6.41 Å². The summed E-state index contributed by atoms with van der Waals surface area (Å²) >= 11 is 0. The summed E-state index contributed by atoms with van der Waals surface area (Å²) in [5.41, 5.74) is 0. The van der Waals surface area contributed by atoms with Crippen LogP contribution in [0.25, 0.3) is 0 Å². The van der Waals surface area contributed by atoms with Gasteiger partial charge in [0.05, 0.1) is 0 Å². The average Bonchev–Trinajstić information content (AvgIpc) is 2.18. The summed E-state index contributed by atoms with van der Waals surface area (Å²) in [6.45, 7) is 1.22. The van der Waals surface area contributed by atoms with Gasteiger partial charge in [-0.3, -0.25) is 9.59 Å². The van der Waals surface area contributed by atoms with Gasteiger partial charge >= 0.3 is 0 Å². The quantitative estimate of drug-likeness (QED) is 0.288. The molecule has 0 aromatic heterocycles. The predicted molar refractivity (Wildman–Crippen MR) is 45.6 cm³/mol. The van der Waals surface area contributed by atoms with Gasteiger partial charge < -0.3 is 10.1 Å². The van der Waals surface area contributed by atoms with E-state index in [9.17, 15) is 9.59 Å². The maximum Gasteiger partial charge on any atom is 0.209 e. The van der Waals surface area contributed by atoms with Gasteiger partial charge in [0.1, 0.15) is 6.21 Å². The highest BCUT2D eigenvalue weighted by molar-refractivity contribution is 6.28. The van der Waals surface area contributed by atoms with E-state index >= 15 is 0 Å². The Morgan fingerprint density at radius 2 is 2.08 bits per heavy atom. The van der Waals surface area contributed by atoms with E-state index in [0.29, 0.717) is 25.9 Å². The van der Waals surface area contributed by atoms with Crippen LogP contribution in [0, 0.1) is 5.92 Å². The zero-order valence-electron chi connectivity index (χ0n) is 7.22. The third kappa shape index (κ3) is 2.54. The Hall–Kier alpha value is -1.39. The van der Waals surface area contributed by atoms with E-state index in [1.165, 1.54) is 0 Å². The van der Waals surface area contributed by atoms with Crippen LogP contribution in [0.4, 0.5) is 0 Å². The number of oxime groups is 1. The van der Waals surface area contributed by atoms with Crippen LogP contribution in [-0.4, -0.2) is 41.6 Å². The van der Waals surface area contributed by atoms with Gasteiger partial charge in [0, 0.05) is 19.0 Å². The van der Waals surface area contributed by atoms with E-state index in [1.54, 1.807) is 4.90 Å². The molecule has 1 saturated heterocycles. The van der Waals surface area contributed by atoms with Crippen molar-refractivity contribution in [1.29, 1.82) is 0 Å². The molecule has 0 aromatic carbocycles. The molecular weight excluding hydrogens is 172 g/mol. The van der Waals surface area contributed by atoms with E-state index in [2.05, 4.69) is 5.16 Å². The zero-order chi connectivity index (χ0) is 9.68. The molecular formula is C8H12N2O3. The molecule has 0 atom stereocenters. The molecule has 0 aromatic rings. The summed E-state index contributed by atoms with van der Waals surface area (Å²) in [7, 11) is 0. The number of nitrogens with zero attached hydrogens (tertiary/aromatic N) is 2.